The predicted molar refractivity (Wildman–Crippen MR) is 85.9 cm³/mol. The molecule has 0 spiro atoms. The normalized spacial score (nSPS) is 17.9. The van der Waals surface area contributed by atoms with Crippen molar-refractivity contribution in [2.75, 3.05) is 6.61 Å². The van der Waals surface area contributed by atoms with E-state index in [0.717, 1.165) is 33.6 Å². The summed E-state index contributed by atoms with van der Waals surface area (Å²) in [4.78, 5) is 1.32. The van der Waals surface area contributed by atoms with E-state index in [1.807, 2.05) is 12.1 Å². The van der Waals surface area contributed by atoms with Gasteiger partial charge in [-0.15, -0.1) is 11.3 Å². The Balaban J connectivity index is 1.71. The Labute approximate surface area is 133 Å². The first kappa shape index (κ1) is 13.6. The van der Waals surface area contributed by atoms with E-state index >= 15 is 0 Å². The third-order valence-electron chi connectivity index (χ3n) is 3.18. The minimum atomic E-state index is 0.379. The SMILES string of the molecule is Brc1cc(CNC2CCOc3ccccc32)sc1Br. The van der Waals surface area contributed by atoms with Crippen molar-refractivity contribution in [3.63, 3.8) is 0 Å². The van der Waals surface area contributed by atoms with Gasteiger partial charge in [-0.1, -0.05) is 18.2 Å². The second-order valence-electron chi connectivity index (χ2n) is 4.44. The van der Waals surface area contributed by atoms with E-state index in [1.165, 1.54) is 10.4 Å². The van der Waals surface area contributed by atoms with E-state index in [4.69, 9.17) is 4.74 Å². The van der Waals surface area contributed by atoms with Crippen LogP contribution in [0.5, 0.6) is 5.75 Å². The highest BCUT2D eigenvalue weighted by Gasteiger charge is 2.20. The van der Waals surface area contributed by atoms with Gasteiger partial charge in [0.15, 0.2) is 0 Å². The number of benzene rings is 1. The van der Waals surface area contributed by atoms with Crippen LogP contribution in [0.3, 0.4) is 0 Å². The smallest absolute Gasteiger partial charge is 0.124 e. The second kappa shape index (κ2) is 5.95. The molecule has 3 rings (SSSR count). The summed E-state index contributed by atoms with van der Waals surface area (Å²) in [6.07, 6.45) is 1.02. The van der Waals surface area contributed by atoms with Crippen LogP contribution in [-0.4, -0.2) is 6.61 Å². The topological polar surface area (TPSA) is 21.3 Å². The van der Waals surface area contributed by atoms with Gasteiger partial charge in [-0.25, -0.2) is 0 Å². The van der Waals surface area contributed by atoms with Crippen LogP contribution in [-0.2, 0) is 6.54 Å². The summed E-state index contributed by atoms with van der Waals surface area (Å²) in [6, 6.07) is 10.8. The Hall–Kier alpha value is -0.360. The van der Waals surface area contributed by atoms with E-state index in [9.17, 15) is 0 Å². The number of ether oxygens (including phenoxy) is 1. The van der Waals surface area contributed by atoms with Crippen molar-refractivity contribution >= 4 is 43.2 Å². The maximum Gasteiger partial charge on any atom is 0.124 e. The van der Waals surface area contributed by atoms with Crippen LogP contribution < -0.4 is 10.1 Å². The minimum Gasteiger partial charge on any atom is -0.493 e. The minimum absolute atomic E-state index is 0.379. The van der Waals surface area contributed by atoms with Crippen molar-refractivity contribution in [3.8, 4) is 5.75 Å². The first-order valence-corrected chi connectivity index (χ1v) is 8.53. The lowest BCUT2D eigenvalue weighted by Crippen LogP contribution is -2.26. The standard InChI is InChI=1S/C14H13Br2NOS/c15-11-7-9(19-14(11)16)8-17-12-5-6-18-13-4-2-1-3-10(12)13/h1-4,7,12,17H,5-6,8H2. The first-order valence-electron chi connectivity index (χ1n) is 6.13. The molecule has 0 amide bonds. The van der Waals surface area contributed by atoms with E-state index in [-0.39, 0.29) is 0 Å². The van der Waals surface area contributed by atoms with Crippen molar-refractivity contribution in [1.29, 1.82) is 0 Å². The third-order valence-corrected chi connectivity index (χ3v) is 6.43. The molecule has 0 bridgehead atoms. The van der Waals surface area contributed by atoms with Crippen molar-refractivity contribution in [2.45, 2.75) is 19.0 Å². The Kier molecular flexibility index (Phi) is 4.27. The fraction of sp³-hybridized carbons (Fsp3) is 0.286. The molecule has 1 aliphatic rings. The summed E-state index contributed by atoms with van der Waals surface area (Å²) >= 11 is 8.82. The van der Waals surface area contributed by atoms with Gasteiger partial charge in [0, 0.05) is 33.9 Å². The van der Waals surface area contributed by atoms with Gasteiger partial charge in [-0.3, -0.25) is 0 Å². The molecule has 19 heavy (non-hydrogen) atoms. The fourth-order valence-electron chi connectivity index (χ4n) is 2.26. The van der Waals surface area contributed by atoms with Crippen LogP contribution in [0.25, 0.3) is 0 Å². The molecule has 1 atom stereocenters. The third kappa shape index (κ3) is 3.05. The Morgan fingerprint density at radius 1 is 1.32 bits per heavy atom. The number of halogens is 2. The van der Waals surface area contributed by atoms with Gasteiger partial charge in [-0.05, 0) is 44.0 Å². The molecule has 1 unspecified atom stereocenters. The van der Waals surface area contributed by atoms with Crippen LogP contribution in [0.15, 0.2) is 38.6 Å². The second-order valence-corrected chi connectivity index (χ2v) is 7.75. The average molecular weight is 403 g/mol. The molecule has 2 aromatic rings. The Morgan fingerprint density at radius 3 is 2.95 bits per heavy atom. The van der Waals surface area contributed by atoms with Crippen molar-refractivity contribution in [3.05, 3.63) is 49.0 Å². The molecule has 1 N–H and O–H groups in total. The summed E-state index contributed by atoms with van der Waals surface area (Å²) < 4.78 is 7.95. The highest BCUT2D eigenvalue weighted by atomic mass is 79.9. The molecule has 2 nitrogen and oxygen atoms in total. The lowest BCUT2D eigenvalue weighted by Gasteiger charge is -2.26. The van der Waals surface area contributed by atoms with Gasteiger partial charge in [0.2, 0.25) is 0 Å². The van der Waals surface area contributed by atoms with Gasteiger partial charge in [0.1, 0.15) is 5.75 Å². The number of rotatable bonds is 3. The summed E-state index contributed by atoms with van der Waals surface area (Å²) in [7, 11) is 0. The predicted octanol–water partition coefficient (Wildman–Crippen LogP) is 4.89. The van der Waals surface area contributed by atoms with E-state index in [1.54, 1.807) is 11.3 Å². The molecule has 0 radical (unpaired) electrons. The zero-order chi connectivity index (χ0) is 13.2. The highest BCUT2D eigenvalue weighted by Crippen LogP contribution is 2.34. The number of hydrogen-bond donors (Lipinski definition) is 1. The number of para-hydroxylation sites is 1. The molecule has 100 valence electrons. The quantitative estimate of drug-likeness (QED) is 0.789. The molecule has 1 aromatic heterocycles. The summed E-state index contributed by atoms with van der Waals surface area (Å²) in [5.41, 5.74) is 1.27. The Morgan fingerprint density at radius 2 is 2.16 bits per heavy atom. The van der Waals surface area contributed by atoms with Gasteiger partial charge < -0.3 is 10.1 Å². The summed E-state index contributed by atoms with van der Waals surface area (Å²) in [5, 5.41) is 3.62. The number of hydrogen-bond acceptors (Lipinski definition) is 3. The molecular formula is C14H13Br2NOS. The van der Waals surface area contributed by atoms with E-state index in [0.29, 0.717) is 6.04 Å². The molecule has 0 fully saturated rings. The number of nitrogens with one attached hydrogen (secondary N) is 1. The molecule has 1 aromatic carbocycles. The lowest BCUT2D eigenvalue weighted by molar-refractivity contribution is 0.252. The first-order chi connectivity index (χ1) is 9.24. The van der Waals surface area contributed by atoms with Crippen LogP contribution in [0.2, 0.25) is 0 Å². The van der Waals surface area contributed by atoms with E-state index < -0.39 is 0 Å². The molecular weight excluding hydrogens is 390 g/mol. The molecule has 0 saturated heterocycles. The molecule has 2 heterocycles. The molecule has 1 aliphatic heterocycles. The number of thiophene rings is 1. The van der Waals surface area contributed by atoms with Crippen LogP contribution in [0.1, 0.15) is 22.9 Å². The Bertz CT molecular complexity index is 565. The lowest BCUT2D eigenvalue weighted by atomic mass is 10.0. The van der Waals surface area contributed by atoms with E-state index in [2.05, 4.69) is 55.4 Å². The molecule has 0 saturated carbocycles. The monoisotopic (exact) mass is 401 g/mol. The largest absolute Gasteiger partial charge is 0.493 e. The average Bonchev–Trinajstić information content (AvgIpc) is 2.75. The molecule has 0 aliphatic carbocycles. The van der Waals surface area contributed by atoms with Gasteiger partial charge in [0.05, 0.1) is 10.4 Å². The summed E-state index contributed by atoms with van der Waals surface area (Å²) in [6.45, 7) is 1.67. The highest BCUT2D eigenvalue weighted by molar-refractivity contribution is 9.13. The molecule has 5 heteroatoms. The van der Waals surface area contributed by atoms with Crippen molar-refractivity contribution < 1.29 is 4.74 Å². The van der Waals surface area contributed by atoms with Gasteiger partial charge >= 0.3 is 0 Å². The maximum absolute atomic E-state index is 5.68. The maximum atomic E-state index is 5.68. The van der Waals surface area contributed by atoms with Gasteiger partial charge in [0.25, 0.3) is 0 Å². The zero-order valence-corrected chi connectivity index (χ0v) is 14.1. The number of fused-ring (bicyclic) bond motifs is 1. The van der Waals surface area contributed by atoms with Crippen LogP contribution in [0.4, 0.5) is 0 Å². The van der Waals surface area contributed by atoms with Crippen molar-refractivity contribution in [2.24, 2.45) is 0 Å². The van der Waals surface area contributed by atoms with Gasteiger partial charge in [-0.2, -0.15) is 0 Å². The van der Waals surface area contributed by atoms with Crippen LogP contribution >= 0.6 is 43.2 Å². The zero-order valence-electron chi connectivity index (χ0n) is 10.2. The summed E-state index contributed by atoms with van der Waals surface area (Å²) in [5.74, 6) is 1.01. The fourth-order valence-corrected chi connectivity index (χ4v) is 4.38. The van der Waals surface area contributed by atoms with Crippen LogP contribution in [0, 0.1) is 0 Å². The van der Waals surface area contributed by atoms with Crippen molar-refractivity contribution in [1.82, 2.24) is 5.32 Å².